The van der Waals surface area contributed by atoms with Gasteiger partial charge in [0.15, 0.2) is 5.11 Å². The number of benzene rings is 2. The molecule has 9 heteroatoms. The molecule has 0 bridgehead atoms. The molecule has 0 aliphatic carbocycles. The van der Waals surface area contributed by atoms with Crippen molar-refractivity contribution in [2.24, 2.45) is 0 Å². The topological polar surface area (TPSA) is 109 Å². The number of hydrazine groups is 1. The Morgan fingerprint density at radius 2 is 1.52 bits per heavy atom. The average Bonchev–Trinajstić information content (AvgIpc) is 2.72. The lowest BCUT2D eigenvalue weighted by Crippen LogP contribution is -2.48. The zero-order valence-electron chi connectivity index (χ0n) is 15.9. The van der Waals surface area contributed by atoms with Crippen molar-refractivity contribution >= 4 is 40.7 Å². The van der Waals surface area contributed by atoms with Crippen LogP contribution in [0.3, 0.4) is 0 Å². The van der Waals surface area contributed by atoms with Crippen molar-refractivity contribution in [3.05, 3.63) is 60.2 Å². The van der Waals surface area contributed by atoms with Crippen LogP contribution < -0.4 is 26.2 Å². The van der Waals surface area contributed by atoms with Crippen LogP contribution in [0.15, 0.2) is 54.6 Å². The second kappa shape index (κ2) is 11.4. The van der Waals surface area contributed by atoms with E-state index in [9.17, 15) is 14.4 Å². The van der Waals surface area contributed by atoms with Gasteiger partial charge in [0.25, 0.3) is 0 Å². The normalized spacial score (nSPS) is 9.83. The third-order valence-electron chi connectivity index (χ3n) is 3.73. The van der Waals surface area contributed by atoms with Crippen LogP contribution in [0.1, 0.15) is 18.4 Å². The Morgan fingerprint density at radius 1 is 0.862 bits per heavy atom. The Morgan fingerprint density at radius 3 is 2.17 bits per heavy atom. The zero-order chi connectivity index (χ0) is 21.1. The van der Waals surface area contributed by atoms with Gasteiger partial charge in [-0.2, -0.15) is 0 Å². The first-order valence-electron chi connectivity index (χ1n) is 8.83. The lowest BCUT2D eigenvalue weighted by atomic mass is 10.1. The smallest absolute Gasteiger partial charge is 0.238 e. The Labute approximate surface area is 174 Å². The van der Waals surface area contributed by atoms with Crippen LogP contribution >= 0.6 is 12.2 Å². The molecule has 2 rings (SSSR count). The van der Waals surface area contributed by atoms with Crippen LogP contribution in [0.25, 0.3) is 0 Å². The van der Waals surface area contributed by atoms with Gasteiger partial charge in [-0.15, -0.1) is 0 Å². The van der Waals surface area contributed by atoms with E-state index in [-0.39, 0.29) is 36.2 Å². The van der Waals surface area contributed by atoms with Gasteiger partial charge in [0.2, 0.25) is 17.7 Å². The van der Waals surface area contributed by atoms with Gasteiger partial charge >= 0.3 is 0 Å². The first kappa shape index (κ1) is 21.8. The van der Waals surface area contributed by atoms with E-state index in [0.29, 0.717) is 11.4 Å². The third kappa shape index (κ3) is 8.39. The molecule has 2 aromatic carbocycles. The first-order valence-corrected chi connectivity index (χ1v) is 9.23. The van der Waals surface area contributed by atoms with Gasteiger partial charge < -0.3 is 15.4 Å². The molecule has 3 amide bonds. The highest BCUT2D eigenvalue weighted by atomic mass is 32.1. The molecule has 152 valence electrons. The van der Waals surface area contributed by atoms with E-state index >= 15 is 0 Å². The molecule has 0 saturated heterocycles. The zero-order valence-corrected chi connectivity index (χ0v) is 16.7. The van der Waals surface area contributed by atoms with E-state index in [1.807, 2.05) is 6.07 Å². The lowest BCUT2D eigenvalue weighted by Gasteiger charge is -2.11. The molecular weight excluding hydrogens is 392 g/mol. The van der Waals surface area contributed by atoms with Crippen molar-refractivity contribution in [1.82, 2.24) is 16.2 Å². The molecule has 0 heterocycles. The van der Waals surface area contributed by atoms with Crippen molar-refractivity contribution in [3.8, 4) is 5.75 Å². The molecule has 0 aliphatic rings. The first-order chi connectivity index (χ1) is 14.0. The molecule has 0 fully saturated rings. The highest BCUT2D eigenvalue weighted by Crippen LogP contribution is 2.11. The number of amides is 3. The molecular formula is C20H22N4O4S. The summed E-state index contributed by atoms with van der Waals surface area (Å²) in [6, 6.07) is 16.0. The standard InChI is InChI=1S/C20H22N4O4S/c1-28-16-9-7-14(8-10-16)13-19(27)22-20(29)24-23-18(26)12-11-17(25)21-15-5-3-2-4-6-15/h2-10H,11-13H2,1H3,(H,21,25)(H,23,26)(H2,22,24,27,29). The molecule has 4 N–H and O–H groups in total. The molecule has 0 unspecified atom stereocenters. The summed E-state index contributed by atoms with van der Waals surface area (Å²) in [5.74, 6) is -0.336. The van der Waals surface area contributed by atoms with Crippen molar-refractivity contribution in [1.29, 1.82) is 0 Å². The van der Waals surface area contributed by atoms with E-state index in [0.717, 1.165) is 5.56 Å². The summed E-state index contributed by atoms with van der Waals surface area (Å²) in [5.41, 5.74) is 6.24. The number of thiocarbonyl (C=S) groups is 1. The summed E-state index contributed by atoms with van der Waals surface area (Å²) in [6.45, 7) is 0. The Balaban J connectivity index is 1.63. The van der Waals surface area contributed by atoms with Gasteiger partial charge in [0.05, 0.1) is 13.5 Å². The highest BCUT2D eigenvalue weighted by Gasteiger charge is 2.09. The minimum Gasteiger partial charge on any atom is -0.497 e. The predicted octanol–water partition coefficient (Wildman–Crippen LogP) is 1.68. The van der Waals surface area contributed by atoms with Gasteiger partial charge in [0, 0.05) is 18.5 Å². The number of hydrogen-bond donors (Lipinski definition) is 4. The number of carbonyl (C=O) groups is 3. The number of methoxy groups -OCH3 is 1. The molecule has 0 aliphatic heterocycles. The second-order valence-corrected chi connectivity index (χ2v) is 6.40. The van der Waals surface area contributed by atoms with Crippen LogP contribution in [0.2, 0.25) is 0 Å². The van der Waals surface area contributed by atoms with Gasteiger partial charge in [-0.3, -0.25) is 25.2 Å². The third-order valence-corrected chi connectivity index (χ3v) is 3.93. The van der Waals surface area contributed by atoms with E-state index in [2.05, 4.69) is 21.5 Å². The van der Waals surface area contributed by atoms with Gasteiger partial charge in [-0.25, -0.2) is 0 Å². The van der Waals surface area contributed by atoms with Crippen LogP contribution in [0.5, 0.6) is 5.75 Å². The summed E-state index contributed by atoms with van der Waals surface area (Å²) in [5, 5.41) is 5.12. The van der Waals surface area contributed by atoms with E-state index < -0.39 is 5.91 Å². The number of anilines is 1. The Hall–Kier alpha value is -3.46. The number of para-hydroxylation sites is 1. The van der Waals surface area contributed by atoms with Crippen LogP contribution in [0.4, 0.5) is 5.69 Å². The predicted molar refractivity (Wildman–Crippen MR) is 113 cm³/mol. The van der Waals surface area contributed by atoms with E-state index in [1.54, 1.807) is 55.6 Å². The number of ether oxygens (including phenoxy) is 1. The molecule has 0 aromatic heterocycles. The minimum atomic E-state index is -0.431. The monoisotopic (exact) mass is 414 g/mol. The largest absolute Gasteiger partial charge is 0.497 e. The molecule has 0 saturated carbocycles. The quantitative estimate of drug-likeness (QED) is 0.406. The van der Waals surface area contributed by atoms with Crippen molar-refractivity contribution in [2.45, 2.75) is 19.3 Å². The fourth-order valence-electron chi connectivity index (χ4n) is 2.29. The van der Waals surface area contributed by atoms with E-state index in [1.165, 1.54) is 0 Å². The summed E-state index contributed by atoms with van der Waals surface area (Å²) < 4.78 is 5.06. The Bertz CT molecular complexity index is 857. The van der Waals surface area contributed by atoms with Gasteiger partial charge in [-0.05, 0) is 42.0 Å². The summed E-state index contributed by atoms with van der Waals surface area (Å²) in [4.78, 5) is 35.6. The fraction of sp³-hybridized carbons (Fsp3) is 0.200. The number of hydrogen-bond acceptors (Lipinski definition) is 5. The fourth-order valence-corrected chi connectivity index (χ4v) is 2.46. The average molecular weight is 414 g/mol. The number of carbonyl (C=O) groups excluding carboxylic acids is 3. The number of nitrogens with one attached hydrogen (secondary N) is 4. The maximum absolute atomic E-state index is 12.0. The SMILES string of the molecule is COc1ccc(CC(=O)NC(=S)NNC(=O)CCC(=O)Nc2ccccc2)cc1. The maximum atomic E-state index is 12.0. The molecule has 8 nitrogen and oxygen atoms in total. The second-order valence-electron chi connectivity index (χ2n) is 5.99. The van der Waals surface area contributed by atoms with Crippen LogP contribution in [-0.4, -0.2) is 29.9 Å². The molecule has 0 atom stereocenters. The molecule has 0 radical (unpaired) electrons. The summed E-state index contributed by atoms with van der Waals surface area (Å²) in [7, 11) is 1.57. The minimum absolute atomic E-state index is 0.0129. The van der Waals surface area contributed by atoms with E-state index in [4.69, 9.17) is 17.0 Å². The Kier molecular flexibility index (Phi) is 8.58. The summed E-state index contributed by atoms with van der Waals surface area (Å²) >= 11 is 4.97. The molecule has 29 heavy (non-hydrogen) atoms. The van der Waals surface area contributed by atoms with Crippen molar-refractivity contribution in [2.75, 3.05) is 12.4 Å². The molecule has 2 aromatic rings. The highest BCUT2D eigenvalue weighted by molar-refractivity contribution is 7.80. The lowest BCUT2D eigenvalue weighted by molar-refractivity contribution is -0.124. The van der Waals surface area contributed by atoms with Crippen molar-refractivity contribution in [3.63, 3.8) is 0 Å². The maximum Gasteiger partial charge on any atom is 0.238 e. The molecule has 0 spiro atoms. The van der Waals surface area contributed by atoms with Crippen molar-refractivity contribution < 1.29 is 19.1 Å². The van der Waals surface area contributed by atoms with Crippen LogP contribution in [0, 0.1) is 0 Å². The van der Waals surface area contributed by atoms with Crippen LogP contribution in [-0.2, 0) is 20.8 Å². The summed E-state index contributed by atoms with van der Waals surface area (Å²) in [6.07, 6.45) is 0.104. The van der Waals surface area contributed by atoms with Gasteiger partial charge in [0.1, 0.15) is 5.75 Å². The number of rotatable bonds is 7. The van der Waals surface area contributed by atoms with Gasteiger partial charge in [-0.1, -0.05) is 30.3 Å².